The third kappa shape index (κ3) is 6.66. The summed E-state index contributed by atoms with van der Waals surface area (Å²) in [6.07, 6.45) is 2.61. The molecule has 1 amide bonds. The number of carbonyl (C=O) groups excluding carboxylic acids is 1. The van der Waals surface area contributed by atoms with Crippen LogP contribution in [0.25, 0.3) is 0 Å². The summed E-state index contributed by atoms with van der Waals surface area (Å²) < 4.78 is 5.58. The first kappa shape index (κ1) is 22.5. The van der Waals surface area contributed by atoms with Crippen molar-refractivity contribution in [1.29, 1.82) is 0 Å². The summed E-state index contributed by atoms with van der Waals surface area (Å²) >= 11 is 17.2. The fourth-order valence-corrected chi connectivity index (χ4v) is 3.42. The molecule has 0 bridgehead atoms. The fourth-order valence-electron chi connectivity index (χ4n) is 2.74. The van der Waals surface area contributed by atoms with Gasteiger partial charge in [0.2, 0.25) is 5.91 Å². The van der Waals surface area contributed by atoms with Crippen LogP contribution in [0.3, 0.4) is 0 Å². The van der Waals surface area contributed by atoms with Crippen LogP contribution in [0.5, 0.6) is 5.75 Å². The van der Waals surface area contributed by atoms with Crippen LogP contribution < -0.4 is 15.4 Å². The van der Waals surface area contributed by atoms with Gasteiger partial charge in [-0.15, -0.1) is 0 Å². The number of halogens is 2. The maximum atomic E-state index is 12.1. The van der Waals surface area contributed by atoms with E-state index in [0.717, 1.165) is 18.5 Å². The molecular formula is C21H24Cl2N2O2S. The topological polar surface area (TPSA) is 50.4 Å². The molecule has 0 saturated heterocycles. The minimum atomic E-state index is -0.157. The van der Waals surface area contributed by atoms with Crippen molar-refractivity contribution in [3.63, 3.8) is 0 Å². The van der Waals surface area contributed by atoms with Crippen molar-refractivity contribution in [3.05, 3.63) is 57.6 Å². The molecule has 28 heavy (non-hydrogen) atoms. The van der Waals surface area contributed by atoms with E-state index in [1.165, 1.54) is 11.1 Å². The summed E-state index contributed by atoms with van der Waals surface area (Å²) in [6, 6.07) is 11.2. The quantitative estimate of drug-likeness (QED) is 0.404. The number of nitrogens with one attached hydrogen (secondary N) is 2. The molecule has 0 saturated carbocycles. The summed E-state index contributed by atoms with van der Waals surface area (Å²) in [7, 11) is 0. The molecule has 4 nitrogen and oxygen atoms in total. The number of anilines is 1. The number of aryl methyl sites for hydroxylation is 2. The van der Waals surface area contributed by atoms with Crippen LogP contribution in [0.4, 0.5) is 5.69 Å². The van der Waals surface area contributed by atoms with Crippen molar-refractivity contribution < 1.29 is 9.53 Å². The molecule has 2 N–H and O–H groups in total. The molecule has 0 aliphatic carbocycles. The van der Waals surface area contributed by atoms with Gasteiger partial charge in [-0.3, -0.25) is 4.79 Å². The Balaban J connectivity index is 1.79. The van der Waals surface area contributed by atoms with Gasteiger partial charge in [0.25, 0.3) is 0 Å². The average Bonchev–Trinajstić information content (AvgIpc) is 2.66. The molecule has 0 aromatic heterocycles. The Kier molecular flexibility index (Phi) is 9.03. The number of rotatable bonds is 8. The number of hydrogen-bond donors (Lipinski definition) is 2. The second-order valence-electron chi connectivity index (χ2n) is 6.19. The number of ether oxygens (including phenoxy) is 1. The average molecular weight is 439 g/mol. The number of carbonyl (C=O) groups is 1. The van der Waals surface area contributed by atoms with E-state index in [2.05, 4.69) is 36.6 Å². The molecule has 2 aromatic carbocycles. The van der Waals surface area contributed by atoms with Crippen molar-refractivity contribution >= 4 is 52.1 Å². The molecule has 2 rings (SSSR count). The molecule has 0 aliphatic rings. The molecule has 150 valence electrons. The van der Waals surface area contributed by atoms with Crippen LogP contribution in [0.2, 0.25) is 10.0 Å². The van der Waals surface area contributed by atoms with Crippen molar-refractivity contribution in [3.8, 4) is 5.75 Å². The zero-order valence-corrected chi connectivity index (χ0v) is 18.3. The van der Waals surface area contributed by atoms with Gasteiger partial charge in [-0.05, 0) is 60.8 Å². The molecule has 0 spiro atoms. The SMILES string of the molecule is CCc1cccc(CC)c1NC(=S)NC(=O)CCCOc1ccc(Cl)cc1Cl. The Morgan fingerprint density at radius 1 is 1.11 bits per heavy atom. The van der Waals surface area contributed by atoms with Gasteiger partial charge in [0.1, 0.15) is 5.75 Å². The zero-order chi connectivity index (χ0) is 20.5. The Hall–Kier alpha value is -1.82. The highest BCUT2D eigenvalue weighted by Gasteiger charge is 2.10. The summed E-state index contributed by atoms with van der Waals surface area (Å²) in [6.45, 7) is 4.55. The summed E-state index contributed by atoms with van der Waals surface area (Å²) in [5.74, 6) is 0.391. The normalized spacial score (nSPS) is 10.4. The molecule has 0 heterocycles. The molecule has 0 atom stereocenters. The predicted molar refractivity (Wildman–Crippen MR) is 121 cm³/mol. The van der Waals surface area contributed by atoms with Crippen molar-refractivity contribution in [2.45, 2.75) is 39.5 Å². The van der Waals surface area contributed by atoms with Gasteiger partial charge < -0.3 is 15.4 Å². The van der Waals surface area contributed by atoms with Gasteiger partial charge in [0.15, 0.2) is 5.11 Å². The van der Waals surface area contributed by atoms with E-state index in [0.29, 0.717) is 40.4 Å². The number of thiocarbonyl (C=S) groups is 1. The van der Waals surface area contributed by atoms with E-state index in [4.69, 9.17) is 40.2 Å². The molecule has 7 heteroatoms. The zero-order valence-electron chi connectivity index (χ0n) is 16.0. The first-order valence-electron chi connectivity index (χ1n) is 9.24. The highest BCUT2D eigenvalue weighted by atomic mass is 35.5. The maximum Gasteiger partial charge on any atom is 0.226 e. The number of amides is 1. The van der Waals surface area contributed by atoms with Gasteiger partial charge in [-0.1, -0.05) is 55.2 Å². The maximum absolute atomic E-state index is 12.1. The first-order chi connectivity index (χ1) is 13.4. The van der Waals surface area contributed by atoms with Gasteiger partial charge in [0.05, 0.1) is 11.6 Å². The van der Waals surface area contributed by atoms with Gasteiger partial charge >= 0.3 is 0 Å². The van der Waals surface area contributed by atoms with Crippen LogP contribution in [-0.2, 0) is 17.6 Å². The highest BCUT2D eigenvalue weighted by molar-refractivity contribution is 7.80. The van der Waals surface area contributed by atoms with Crippen LogP contribution in [-0.4, -0.2) is 17.6 Å². The van der Waals surface area contributed by atoms with Gasteiger partial charge in [0, 0.05) is 17.1 Å². The van der Waals surface area contributed by atoms with Crippen molar-refractivity contribution in [2.75, 3.05) is 11.9 Å². The largest absolute Gasteiger partial charge is 0.492 e. The highest BCUT2D eigenvalue weighted by Crippen LogP contribution is 2.27. The first-order valence-corrected chi connectivity index (χ1v) is 10.4. The Labute approximate surface area is 181 Å². The van der Waals surface area contributed by atoms with Crippen LogP contribution in [0, 0.1) is 0 Å². The summed E-state index contributed by atoms with van der Waals surface area (Å²) in [4.78, 5) is 12.1. The fraction of sp³-hybridized carbons (Fsp3) is 0.333. The molecule has 0 fully saturated rings. The Bertz CT molecular complexity index is 821. The molecule has 0 radical (unpaired) electrons. The lowest BCUT2D eigenvalue weighted by atomic mass is 10.0. The van der Waals surface area contributed by atoms with Gasteiger partial charge in [-0.2, -0.15) is 0 Å². The van der Waals surface area contributed by atoms with Crippen molar-refractivity contribution in [2.24, 2.45) is 0 Å². The third-order valence-electron chi connectivity index (χ3n) is 4.19. The summed E-state index contributed by atoms with van der Waals surface area (Å²) in [5.41, 5.74) is 3.33. The molecule has 2 aromatic rings. The lowest BCUT2D eigenvalue weighted by Gasteiger charge is -2.16. The summed E-state index contributed by atoms with van der Waals surface area (Å²) in [5, 5.41) is 7.22. The molecular weight excluding hydrogens is 415 g/mol. The Morgan fingerprint density at radius 2 is 1.79 bits per heavy atom. The van der Waals surface area contributed by atoms with E-state index in [1.807, 2.05) is 6.07 Å². The van der Waals surface area contributed by atoms with E-state index in [-0.39, 0.29) is 5.91 Å². The second-order valence-corrected chi connectivity index (χ2v) is 7.44. The number of benzene rings is 2. The van der Waals surface area contributed by atoms with Crippen LogP contribution in [0.1, 0.15) is 37.8 Å². The smallest absolute Gasteiger partial charge is 0.226 e. The van der Waals surface area contributed by atoms with E-state index < -0.39 is 0 Å². The third-order valence-corrected chi connectivity index (χ3v) is 4.92. The number of para-hydroxylation sites is 1. The predicted octanol–water partition coefficient (Wildman–Crippen LogP) is 5.79. The standard InChI is InChI=1S/C21H24Cl2N2O2S/c1-3-14-7-5-8-15(4-2)20(14)25-21(28)24-19(26)9-6-12-27-18-11-10-16(22)13-17(18)23/h5,7-8,10-11,13H,3-4,6,9,12H2,1-2H3,(H2,24,25,26,28). The van der Waals surface area contributed by atoms with Crippen molar-refractivity contribution in [1.82, 2.24) is 5.32 Å². The van der Waals surface area contributed by atoms with E-state index >= 15 is 0 Å². The van der Waals surface area contributed by atoms with E-state index in [1.54, 1.807) is 18.2 Å². The minimum absolute atomic E-state index is 0.157. The minimum Gasteiger partial charge on any atom is -0.492 e. The van der Waals surface area contributed by atoms with Crippen LogP contribution >= 0.6 is 35.4 Å². The van der Waals surface area contributed by atoms with E-state index in [9.17, 15) is 4.79 Å². The van der Waals surface area contributed by atoms with Gasteiger partial charge in [-0.25, -0.2) is 0 Å². The molecule has 0 aliphatic heterocycles. The lowest BCUT2D eigenvalue weighted by Crippen LogP contribution is -2.34. The second kappa shape index (κ2) is 11.2. The molecule has 0 unspecified atom stereocenters. The lowest BCUT2D eigenvalue weighted by molar-refractivity contribution is -0.119. The monoisotopic (exact) mass is 438 g/mol. The number of hydrogen-bond acceptors (Lipinski definition) is 3. The Morgan fingerprint density at radius 3 is 2.39 bits per heavy atom. The van der Waals surface area contributed by atoms with Crippen LogP contribution in [0.15, 0.2) is 36.4 Å².